The lowest BCUT2D eigenvalue weighted by molar-refractivity contribution is -0.132. The van der Waals surface area contributed by atoms with Crippen LogP contribution in [0.4, 0.5) is 14.7 Å². The number of alkyl halides is 2. The minimum absolute atomic E-state index is 0.0353. The summed E-state index contributed by atoms with van der Waals surface area (Å²) >= 11 is 0. The Morgan fingerprint density at radius 1 is 1.07 bits per heavy atom. The molecule has 3 N–H and O–H groups in total. The molecule has 7 nitrogen and oxygen atoms in total. The molecule has 0 atom stereocenters. The zero-order chi connectivity index (χ0) is 19.4. The third-order valence-electron chi connectivity index (χ3n) is 4.57. The first-order chi connectivity index (χ1) is 12.9. The second kappa shape index (κ2) is 7.65. The third-order valence-corrected chi connectivity index (χ3v) is 4.57. The van der Waals surface area contributed by atoms with E-state index in [0.717, 1.165) is 24.8 Å². The number of aryl methyl sites for hydroxylation is 1. The molecule has 0 saturated heterocycles. The number of nitrogens with one attached hydrogen (secondary N) is 3. The smallest absolute Gasteiger partial charge is 0.317 e. The molecule has 1 fully saturated rings. The van der Waals surface area contributed by atoms with E-state index in [1.165, 1.54) is 18.0 Å². The van der Waals surface area contributed by atoms with Crippen LogP contribution < -0.4 is 16.2 Å². The molecule has 1 saturated carbocycles. The van der Waals surface area contributed by atoms with E-state index in [9.17, 15) is 18.4 Å². The number of carbonyl (C=O) groups excluding carboxylic acids is 2. The van der Waals surface area contributed by atoms with E-state index in [1.807, 2.05) is 12.3 Å². The summed E-state index contributed by atoms with van der Waals surface area (Å²) in [4.78, 5) is 30.8. The second-order valence-corrected chi connectivity index (χ2v) is 6.47. The Hall–Kier alpha value is -3.10. The SMILES string of the molecule is Cc1ccc(C2(Nc3ncc(C(=O)NNC(=O)C(F)F)cn3)CCC2)cc1. The van der Waals surface area contributed by atoms with Gasteiger partial charge in [0, 0.05) is 12.4 Å². The first-order valence-corrected chi connectivity index (χ1v) is 8.45. The summed E-state index contributed by atoms with van der Waals surface area (Å²) in [6, 6.07) is 8.27. The van der Waals surface area contributed by atoms with Gasteiger partial charge in [0.25, 0.3) is 5.91 Å². The first kappa shape index (κ1) is 18.7. The third kappa shape index (κ3) is 4.18. The molecule has 1 aliphatic rings. The Bertz CT molecular complexity index is 821. The molecule has 1 aliphatic carbocycles. The van der Waals surface area contributed by atoms with Crippen LogP contribution in [0.3, 0.4) is 0 Å². The largest absolute Gasteiger partial charge is 0.345 e. The summed E-state index contributed by atoms with van der Waals surface area (Å²) in [5.74, 6) is -2.01. The second-order valence-electron chi connectivity index (χ2n) is 6.47. The Morgan fingerprint density at radius 3 is 2.22 bits per heavy atom. The van der Waals surface area contributed by atoms with Gasteiger partial charge < -0.3 is 5.32 Å². The standard InChI is InChI=1S/C18H19F2N5O2/c1-11-3-5-13(6-4-11)18(7-2-8-18)23-17-21-9-12(10-22-17)15(26)24-25-16(27)14(19)20/h3-6,9-10,14H,2,7-8H2,1H3,(H,24,26)(H,25,27)(H,21,22,23). The molecule has 0 radical (unpaired) electrons. The highest BCUT2D eigenvalue weighted by Gasteiger charge is 2.39. The van der Waals surface area contributed by atoms with Gasteiger partial charge in [-0.2, -0.15) is 8.78 Å². The summed E-state index contributed by atoms with van der Waals surface area (Å²) in [5, 5.41) is 3.34. The van der Waals surface area contributed by atoms with Gasteiger partial charge in [-0.25, -0.2) is 9.97 Å². The summed E-state index contributed by atoms with van der Waals surface area (Å²) in [6.07, 6.45) is 2.29. The lowest BCUT2D eigenvalue weighted by Gasteiger charge is -2.43. The average Bonchev–Trinajstić information content (AvgIpc) is 2.63. The van der Waals surface area contributed by atoms with Crippen molar-refractivity contribution in [2.24, 2.45) is 0 Å². The zero-order valence-corrected chi connectivity index (χ0v) is 14.6. The van der Waals surface area contributed by atoms with E-state index in [4.69, 9.17) is 0 Å². The van der Waals surface area contributed by atoms with Crippen LogP contribution in [0.5, 0.6) is 0 Å². The van der Waals surface area contributed by atoms with Crippen molar-refractivity contribution in [3.8, 4) is 0 Å². The molecule has 1 aromatic carbocycles. The molecule has 2 aromatic rings. The number of hydrogen-bond donors (Lipinski definition) is 3. The van der Waals surface area contributed by atoms with Gasteiger partial charge in [-0.15, -0.1) is 0 Å². The van der Waals surface area contributed by atoms with Gasteiger partial charge in [0.15, 0.2) is 0 Å². The van der Waals surface area contributed by atoms with Gasteiger partial charge in [0.05, 0.1) is 11.1 Å². The molecule has 1 heterocycles. The zero-order valence-electron chi connectivity index (χ0n) is 14.6. The van der Waals surface area contributed by atoms with Crippen molar-refractivity contribution in [2.75, 3.05) is 5.32 Å². The fraction of sp³-hybridized carbons (Fsp3) is 0.333. The molecule has 142 valence electrons. The van der Waals surface area contributed by atoms with E-state index < -0.39 is 18.2 Å². The molecule has 0 spiro atoms. The van der Waals surface area contributed by atoms with Crippen LogP contribution in [0.15, 0.2) is 36.7 Å². The molecule has 0 aliphatic heterocycles. The molecular weight excluding hydrogens is 356 g/mol. The molecule has 0 unspecified atom stereocenters. The van der Waals surface area contributed by atoms with Crippen molar-refractivity contribution >= 4 is 17.8 Å². The monoisotopic (exact) mass is 375 g/mol. The highest BCUT2D eigenvalue weighted by molar-refractivity contribution is 5.95. The number of amides is 2. The predicted octanol–water partition coefficient (Wildman–Crippen LogP) is 2.30. The van der Waals surface area contributed by atoms with Crippen molar-refractivity contribution in [3.63, 3.8) is 0 Å². The van der Waals surface area contributed by atoms with Crippen LogP contribution in [0.1, 0.15) is 40.7 Å². The van der Waals surface area contributed by atoms with Crippen molar-refractivity contribution in [1.82, 2.24) is 20.8 Å². The summed E-state index contributed by atoms with van der Waals surface area (Å²) in [5.41, 5.74) is 5.63. The van der Waals surface area contributed by atoms with Crippen LogP contribution in [0.2, 0.25) is 0 Å². The molecular formula is C18H19F2N5O2. The number of anilines is 1. The van der Waals surface area contributed by atoms with Gasteiger partial charge in [0.1, 0.15) is 0 Å². The number of hydrogen-bond acceptors (Lipinski definition) is 5. The highest BCUT2D eigenvalue weighted by Crippen LogP contribution is 2.43. The number of nitrogens with zero attached hydrogens (tertiary/aromatic N) is 2. The van der Waals surface area contributed by atoms with E-state index >= 15 is 0 Å². The fourth-order valence-corrected chi connectivity index (χ4v) is 2.86. The summed E-state index contributed by atoms with van der Waals surface area (Å²) < 4.78 is 24.2. The Balaban J connectivity index is 1.65. The lowest BCUT2D eigenvalue weighted by atomic mass is 9.72. The normalized spacial score (nSPS) is 15.0. The predicted molar refractivity (Wildman–Crippen MR) is 94.0 cm³/mol. The van der Waals surface area contributed by atoms with Crippen LogP contribution >= 0.6 is 0 Å². The topological polar surface area (TPSA) is 96.0 Å². The number of hydrazine groups is 1. The minimum Gasteiger partial charge on any atom is -0.345 e. The lowest BCUT2D eigenvalue weighted by Crippen LogP contribution is -2.44. The van der Waals surface area contributed by atoms with Gasteiger partial charge in [-0.1, -0.05) is 29.8 Å². The summed E-state index contributed by atoms with van der Waals surface area (Å²) in [7, 11) is 0. The maximum atomic E-state index is 12.1. The van der Waals surface area contributed by atoms with Gasteiger partial charge in [-0.05, 0) is 31.7 Å². The van der Waals surface area contributed by atoms with Crippen LogP contribution in [-0.2, 0) is 10.3 Å². The van der Waals surface area contributed by atoms with E-state index in [1.54, 1.807) is 5.43 Å². The van der Waals surface area contributed by atoms with Gasteiger partial charge in [-0.3, -0.25) is 20.4 Å². The number of rotatable bonds is 5. The van der Waals surface area contributed by atoms with Crippen LogP contribution in [0, 0.1) is 6.92 Å². The minimum atomic E-state index is -3.21. The maximum Gasteiger partial charge on any atom is 0.317 e. The van der Waals surface area contributed by atoms with Crippen molar-refractivity contribution in [2.45, 2.75) is 38.2 Å². The molecule has 0 bridgehead atoms. The fourth-order valence-electron chi connectivity index (χ4n) is 2.86. The molecule has 9 heteroatoms. The number of carbonyl (C=O) groups is 2. The molecule has 3 rings (SSSR count). The molecule has 2 amide bonds. The van der Waals surface area contributed by atoms with Crippen LogP contribution in [-0.4, -0.2) is 28.2 Å². The first-order valence-electron chi connectivity index (χ1n) is 8.45. The van der Waals surface area contributed by atoms with E-state index in [2.05, 4.69) is 39.6 Å². The summed E-state index contributed by atoms with van der Waals surface area (Å²) in [6.45, 7) is 2.03. The van der Waals surface area contributed by atoms with E-state index in [0.29, 0.717) is 5.95 Å². The number of benzene rings is 1. The van der Waals surface area contributed by atoms with Crippen molar-refractivity contribution in [3.05, 3.63) is 53.3 Å². The van der Waals surface area contributed by atoms with E-state index in [-0.39, 0.29) is 11.1 Å². The molecule has 1 aromatic heterocycles. The van der Waals surface area contributed by atoms with Crippen molar-refractivity contribution < 1.29 is 18.4 Å². The highest BCUT2D eigenvalue weighted by atomic mass is 19.3. The van der Waals surface area contributed by atoms with Crippen molar-refractivity contribution in [1.29, 1.82) is 0 Å². The van der Waals surface area contributed by atoms with Gasteiger partial charge >= 0.3 is 12.3 Å². The number of aromatic nitrogens is 2. The Morgan fingerprint density at radius 2 is 1.70 bits per heavy atom. The number of halogens is 2. The van der Waals surface area contributed by atoms with Gasteiger partial charge in [0.2, 0.25) is 5.95 Å². The quantitative estimate of drug-likeness (QED) is 0.697. The Labute approximate surface area is 154 Å². The average molecular weight is 375 g/mol. The van der Waals surface area contributed by atoms with Crippen LogP contribution in [0.25, 0.3) is 0 Å². The maximum absolute atomic E-state index is 12.1. The Kier molecular flexibility index (Phi) is 5.29. The molecule has 27 heavy (non-hydrogen) atoms.